The molecule has 3 heteroatoms. The van der Waals surface area contributed by atoms with E-state index < -0.39 is 0 Å². The molecule has 3 rings (SSSR count). The lowest BCUT2D eigenvalue weighted by atomic mass is 9.88. The summed E-state index contributed by atoms with van der Waals surface area (Å²) in [4.78, 5) is 2.83. The minimum Gasteiger partial charge on any atom is -0.497 e. The summed E-state index contributed by atoms with van der Waals surface area (Å²) >= 11 is 1.89. The van der Waals surface area contributed by atoms with Gasteiger partial charge in [-0.05, 0) is 54.7 Å². The molecule has 1 heterocycles. The zero-order chi connectivity index (χ0) is 14.2. The Morgan fingerprint density at radius 2 is 2.05 bits per heavy atom. The molecule has 1 aromatic heterocycles. The van der Waals surface area contributed by atoms with Gasteiger partial charge in [0.25, 0.3) is 0 Å². The van der Waals surface area contributed by atoms with Crippen molar-refractivity contribution in [3.8, 4) is 5.75 Å². The van der Waals surface area contributed by atoms with Crippen LogP contribution in [0.25, 0.3) is 0 Å². The van der Waals surface area contributed by atoms with Gasteiger partial charge in [0.2, 0.25) is 0 Å². The van der Waals surface area contributed by atoms with Crippen LogP contribution in [0.1, 0.15) is 34.2 Å². The Morgan fingerprint density at radius 1 is 1.25 bits per heavy atom. The Bertz CT molecular complexity index is 619. The van der Waals surface area contributed by atoms with Crippen LogP contribution in [0.5, 0.6) is 5.75 Å². The smallest absolute Gasteiger partial charge is 0.119 e. The zero-order valence-corrected chi connectivity index (χ0v) is 12.9. The number of ether oxygens (including phenoxy) is 1. The number of benzene rings is 1. The van der Waals surface area contributed by atoms with Crippen molar-refractivity contribution in [1.82, 2.24) is 0 Å². The number of thiophene rings is 1. The highest BCUT2D eigenvalue weighted by Gasteiger charge is 2.35. The summed E-state index contributed by atoms with van der Waals surface area (Å²) < 4.78 is 5.35. The van der Waals surface area contributed by atoms with E-state index in [2.05, 4.69) is 31.2 Å². The Kier molecular flexibility index (Phi) is 3.57. The zero-order valence-electron chi connectivity index (χ0n) is 12.1. The molecule has 0 fully saturated rings. The van der Waals surface area contributed by atoms with Gasteiger partial charge in [0, 0.05) is 21.7 Å². The van der Waals surface area contributed by atoms with Gasteiger partial charge in [-0.25, -0.2) is 0 Å². The van der Waals surface area contributed by atoms with Gasteiger partial charge in [-0.1, -0.05) is 13.0 Å². The monoisotopic (exact) mass is 287 g/mol. The normalized spacial score (nSPS) is 20.9. The largest absolute Gasteiger partial charge is 0.497 e. The second-order valence-electron chi connectivity index (χ2n) is 5.58. The molecule has 0 spiro atoms. The summed E-state index contributed by atoms with van der Waals surface area (Å²) in [7, 11) is 1.71. The van der Waals surface area contributed by atoms with Gasteiger partial charge in [0.15, 0.2) is 0 Å². The van der Waals surface area contributed by atoms with Gasteiger partial charge < -0.3 is 10.5 Å². The molecule has 0 amide bonds. The van der Waals surface area contributed by atoms with E-state index in [1.165, 1.54) is 20.9 Å². The van der Waals surface area contributed by atoms with Crippen molar-refractivity contribution in [1.29, 1.82) is 0 Å². The highest BCUT2D eigenvalue weighted by molar-refractivity contribution is 7.12. The van der Waals surface area contributed by atoms with E-state index in [1.54, 1.807) is 7.11 Å². The van der Waals surface area contributed by atoms with Crippen LogP contribution in [-0.2, 0) is 24.8 Å². The molecule has 2 nitrogen and oxygen atoms in total. The van der Waals surface area contributed by atoms with Crippen LogP contribution in [0.4, 0.5) is 0 Å². The molecule has 0 aliphatic heterocycles. The van der Waals surface area contributed by atoms with Crippen LogP contribution in [0, 0.1) is 0 Å². The van der Waals surface area contributed by atoms with E-state index in [4.69, 9.17) is 10.5 Å². The summed E-state index contributed by atoms with van der Waals surface area (Å²) in [6.07, 6.45) is 4.13. The standard InChI is InChI=1S/C17H21NOS/c1-3-14-6-7-15(20-14)11-17(18)9-8-12-4-5-13(19-2)10-16(12)17/h4-7,10H,3,8-9,11,18H2,1-2H3. The first-order valence-electron chi connectivity index (χ1n) is 7.18. The van der Waals surface area contributed by atoms with Crippen molar-refractivity contribution in [3.05, 3.63) is 51.2 Å². The number of nitrogens with two attached hydrogens (primary N) is 1. The average Bonchev–Trinajstić information content (AvgIpc) is 3.04. The molecule has 1 aromatic carbocycles. The molecule has 2 N–H and O–H groups in total. The van der Waals surface area contributed by atoms with Gasteiger partial charge in [-0.2, -0.15) is 0 Å². The lowest BCUT2D eigenvalue weighted by Crippen LogP contribution is -2.36. The van der Waals surface area contributed by atoms with Crippen molar-refractivity contribution >= 4 is 11.3 Å². The quantitative estimate of drug-likeness (QED) is 0.931. The van der Waals surface area contributed by atoms with E-state index in [-0.39, 0.29) is 5.54 Å². The molecule has 2 aromatic rings. The lowest BCUT2D eigenvalue weighted by molar-refractivity contribution is 0.408. The Hall–Kier alpha value is -1.32. The fourth-order valence-corrected chi connectivity index (χ4v) is 4.14. The van der Waals surface area contributed by atoms with Crippen LogP contribution in [-0.4, -0.2) is 7.11 Å². The van der Waals surface area contributed by atoms with Crippen molar-refractivity contribution in [2.75, 3.05) is 7.11 Å². The Labute approximate surface area is 124 Å². The second-order valence-corrected chi connectivity index (χ2v) is 6.83. The van der Waals surface area contributed by atoms with Gasteiger partial charge >= 0.3 is 0 Å². The van der Waals surface area contributed by atoms with E-state index >= 15 is 0 Å². The van der Waals surface area contributed by atoms with Crippen LogP contribution in [0.2, 0.25) is 0 Å². The van der Waals surface area contributed by atoms with Crippen molar-refractivity contribution < 1.29 is 4.74 Å². The van der Waals surface area contributed by atoms with E-state index in [0.717, 1.165) is 31.4 Å². The van der Waals surface area contributed by atoms with Crippen molar-refractivity contribution in [3.63, 3.8) is 0 Å². The summed E-state index contributed by atoms with van der Waals surface area (Å²) in [5.41, 5.74) is 9.13. The molecule has 1 aliphatic rings. The molecule has 20 heavy (non-hydrogen) atoms. The topological polar surface area (TPSA) is 35.2 Å². The van der Waals surface area contributed by atoms with Gasteiger partial charge in [0.05, 0.1) is 7.11 Å². The van der Waals surface area contributed by atoms with Crippen LogP contribution in [0.15, 0.2) is 30.3 Å². The summed E-state index contributed by atoms with van der Waals surface area (Å²) in [6.45, 7) is 2.20. The highest BCUT2D eigenvalue weighted by atomic mass is 32.1. The maximum atomic E-state index is 6.73. The van der Waals surface area contributed by atoms with Gasteiger partial charge in [-0.15, -0.1) is 11.3 Å². The number of hydrogen-bond acceptors (Lipinski definition) is 3. The van der Waals surface area contributed by atoms with E-state index in [0.29, 0.717) is 0 Å². The minimum atomic E-state index is -0.236. The molecule has 106 valence electrons. The average molecular weight is 287 g/mol. The molecule has 0 saturated heterocycles. The number of aryl methyl sites for hydroxylation is 2. The fourth-order valence-electron chi connectivity index (χ4n) is 3.06. The molecule has 1 aliphatic carbocycles. The van der Waals surface area contributed by atoms with Crippen molar-refractivity contribution in [2.24, 2.45) is 5.73 Å². The number of fused-ring (bicyclic) bond motifs is 1. The van der Waals surface area contributed by atoms with E-state index in [9.17, 15) is 0 Å². The molecule has 1 atom stereocenters. The first-order valence-corrected chi connectivity index (χ1v) is 8.00. The molecule has 0 saturated carbocycles. The molecule has 1 unspecified atom stereocenters. The third-order valence-corrected chi connectivity index (χ3v) is 5.48. The minimum absolute atomic E-state index is 0.236. The summed E-state index contributed by atoms with van der Waals surface area (Å²) in [5, 5.41) is 0. The molecular weight excluding hydrogens is 266 g/mol. The number of hydrogen-bond donors (Lipinski definition) is 1. The number of methoxy groups -OCH3 is 1. The van der Waals surface area contributed by atoms with Crippen LogP contribution >= 0.6 is 11.3 Å². The third kappa shape index (κ3) is 2.36. The fraction of sp³-hybridized carbons (Fsp3) is 0.412. The lowest BCUT2D eigenvalue weighted by Gasteiger charge is -2.25. The highest BCUT2D eigenvalue weighted by Crippen LogP contribution is 2.40. The molecule has 0 bridgehead atoms. The first-order chi connectivity index (χ1) is 9.64. The Balaban J connectivity index is 1.90. The summed E-state index contributed by atoms with van der Waals surface area (Å²) in [5.74, 6) is 0.904. The third-order valence-electron chi connectivity index (χ3n) is 4.25. The van der Waals surface area contributed by atoms with E-state index in [1.807, 2.05) is 17.4 Å². The van der Waals surface area contributed by atoms with Crippen molar-refractivity contribution in [2.45, 2.75) is 38.1 Å². The SMILES string of the molecule is CCc1ccc(CC2(N)CCc3ccc(OC)cc32)s1. The molecule has 0 radical (unpaired) electrons. The maximum Gasteiger partial charge on any atom is 0.119 e. The predicted octanol–water partition coefficient (Wildman–Crippen LogP) is 3.66. The summed E-state index contributed by atoms with van der Waals surface area (Å²) in [6, 6.07) is 10.8. The Morgan fingerprint density at radius 3 is 2.75 bits per heavy atom. The first kappa shape index (κ1) is 13.7. The number of rotatable bonds is 4. The van der Waals surface area contributed by atoms with Crippen LogP contribution < -0.4 is 10.5 Å². The van der Waals surface area contributed by atoms with Gasteiger partial charge in [0.1, 0.15) is 5.75 Å². The predicted molar refractivity (Wildman–Crippen MR) is 84.6 cm³/mol. The van der Waals surface area contributed by atoms with Crippen LogP contribution in [0.3, 0.4) is 0 Å². The second kappa shape index (κ2) is 5.23. The maximum absolute atomic E-state index is 6.73. The van der Waals surface area contributed by atoms with Gasteiger partial charge in [-0.3, -0.25) is 0 Å². The molecular formula is C17H21NOS.